The van der Waals surface area contributed by atoms with Crippen LogP contribution in [0.1, 0.15) is 10.4 Å². The first-order valence-electron chi connectivity index (χ1n) is 2.80. The Kier molecular flexibility index (Phi) is 3.87. The molecule has 0 amide bonds. The first-order chi connectivity index (χ1) is 5.20. The number of carboxylic acids is 1. The van der Waals surface area contributed by atoms with E-state index in [4.69, 9.17) is 5.11 Å². The van der Waals surface area contributed by atoms with E-state index >= 15 is 0 Å². The molecule has 0 aromatic carbocycles. The Balaban J connectivity index is 0.000000461. The highest BCUT2D eigenvalue weighted by atomic mass is 19.1. The minimum atomic E-state index is -0.942. The van der Waals surface area contributed by atoms with Crippen molar-refractivity contribution in [3.05, 3.63) is 18.0 Å². The predicted molar refractivity (Wildman–Crippen MR) is 37.2 cm³/mol. The smallest absolute Gasteiger partial charge is 0.338 e. The molecule has 0 aliphatic heterocycles. The van der Waals surface area contributed by atoms with Crippen molar-refractivity contribution in [1.29, 1.82) is 0 Å². The molecule has 62 valence electrons. The molecule has 1 aromatic rings. The van der Waals surface area contributed by atoms with Gasteiger partial charge in [-0.3, -0.25) is 9.07 Å². The molecule has 0 radical (unpaired) electrons. The first kappa shape index (κ1) is 9.61. The van der Waals surface area contributed by atoms with E-state index in [1.165, 1.54) is 17.1 Å². The van der Waals surface area contributed by atoms with Crippen LogP contribution in [0.4, 0.5) is 4.39 Å². The molecule has 1 heterocycles. The number of aromatic carboxylic acids is 1. The predicted octanol–water partition coefficient (Wildman–Crippen LogP) is 0.704. The van der Waals surface area contributed by atoms with Crippen LogP contribution in [0.3, 0.4) is 0 Å². The van der Waals surface area contributed by atoms with Crippen LogP contribution in [0.25, 0.3) is 0 Å². The second-order valence-corrected chi connectivity index (χ2v) is 1.71. The second-order valence-electron chi connectivity index (χ2n) is 1.71. The Bertz CT molecular complexity index is 234. The minimum Gasteiger partial charge on any atom is -0.478 e. The average molecular weight is 160 g/mol. The first-order valence-corrected chi connectivity index (χ1v) is 2.80. The summed E-state index contributed by atoms with van der Waals surface area (Å²) in [5, 5.41) is 12.0. The zero-order chi connectivity index (χ0) is 8.85. The lowest BCUT2D eigenvalue weighted by atomic mass is 10.4. The van der Waals surface area contributed by atoms with Crippen molar-refractivity contribution in [2.45, 2.75) is 0 Å². The van der Waals surface area contributed by atoms with Crippen molar-refractivity contribution >= 4 is 5.97 Å². The lowest BCUT2D eigenvalue weighted by Gasteiger charge is -1.81. The van der Waals surface area contributed by atoms with Gasteiger partial charge in [-0.1, -0.05) is 0 Å². The van der Waals surface area contributed by atoms with Gasteiger partial charge < -0.3 is 5.11 Å². The maximum atomic E-state index is 10.2. The van der Waals surface area contributed by atoms with Crippen LogP contribution >= 0.6 is 0 Å². The summed E-state index contributed by atoms with van der Waals surface area (Å²) in [6, 6.07) is 0. The summed E-state index contributed by atoms with van der Waals surface area (Å²) in [5.41, 5.74) is 0.220. The molecule has 0 saturated heterocycles. The molecule has 0 bridgehead atoms. The van der Waals surface area contributed by atoms with Crippen LogP contribution in [0.5, 0.6) is 0 Å². The van der Waals surface area contributed by atoms with Gasteiger partial charge in [-0.2, -0.15) is 5.10 Å². The molecule has 0 saturated carbocycles. The molecule has 4 nitrogen and oxygen atoms in total. The zero-order valence-electron chi connectivity index (χ0n) is 6.28. The molecule has 0 unspecified atom stereocenters. The molecule has 0 aliphatic rings. The number of aromatic nitrogens is 2. The SMILES string of the molecule is CF.Cn1cc(C(=O)O)cn1. The van der Waals surface area contributed by atoms with E-state index in [9.17, 15) is 9.18 Å². The standard InChI is InChI=1S/C5H6N2O2.CH3F/c1-7-3-4(2-6-7)5(8)9;1-2/h2-3H,1H3,(H,8,9);1H3. The van der Waals surface area contributed by atoms with Crippen molar-refractivity contribution in [2.24, 2.45) is 7.05 Å². The molecule has 11 heavy (non-hydrogen) atoms. The molecule has 0 aliphatic carbocycles. The number of aryl methyl sites for hydroxylation is 1. The van der Waals surface area contributed by atoms with Crippen molar-refractivity contribution in [2.75, 3.05) is 7.18 Å². The topological polar surface area (TPSA) is 55.1 Å². The lowest BCUT2D eigenvalue weighted by Crippen LogP contribution is -1.92. The fraction of sp³-hybridized carbons (Fsp3) is 0.333. The quantitative estimate of drug-likeness (QED) is 0.658. The van der Waals surface area contributed by atoms with E-state index in [1.54, 1.807) is 7.05 Å². The number of rotatable bonds is 1. The molecule has 1 rings (SSSR count). The zero-order valence-corrected chi connectivity index (χ0v) is 6.28. The summed E-state index contributed by atoms with van der Waals surface area (Å²) in [7, 11) is 2.17. The minimum absolute atomic E-state index is 0.220. The van der Waals surface area contributed by atoms with Gasteiger partial charge >= 0.3 is 5.97 Å². The Morgan fingerprint density at radius 1 is 1.73 bits per heavy atom. The molecule has 1 aromatic heterocycles. The van der Waals surface area contributed by atoms with Gasteiger partial charge in [0.15, 0.2) is 0 Å². The normalized spacial score (nSPS) is 8.27. The maximum absolute atomic E-state index is 10.2. The van der Waals surface area contributed by atoms with Gasteiger partial charge in [-0.15, -0.1) is 0 Å². The van der Waals surface area contributed by atoms with Gasteiger partial charge in [0.05, 0.1) is 18.9 Å². The van der Waals surface area contributed by atoms with Crippen LogP contribution < -0.4 is 0 Å². The summed E-state index contributed by atoms with van der Waals surface area (Å²) in [6.07, 6.45) is 2.75. The maximum Gasteiger partial charge on any atom is 0.338 e. The summed E-state index contributed by atoms with van der Waals surface area (Å²) < 4.78 is 10.9. The molecule has 0 fully saturated rings. The van der Waals surface area contributed by atoms with E-state index in [0.29, 0.717) is 7.18 Å². The molecular weight excluding hydrogens is 151 g/mol. The van der Waals surface area contributed by atoms with Crippen molar-refractivity contribution in [3.8, 4) is 0 Å². The largest absolute Gasteiger partial charge is 0.478 e. The van der Waals surface area contributed by atoms with E-state index in [1.807, 2.05) is 0 Å². The van der Waals surface area contributed by atoms with E-state index in [-0.39, 0.29) is 5.56 Å². The Hall–Kier alpha value is -1.39. The number of nitrogens with zero attached hydrogens (tertiary/aromatic N) is 2. The molecule has 0 atom stereocenters. The third kappa shape index (κ3) is 2.79. The summed E-state index contributed by atoms with van der Waals surface area (Å²) >= 11 is 0. The van der Waals surface area contributed by atoms with E-state index in [0.717, 1.165) is 0 Å². The van der Waals surface area contributed by atoms with Crippen LogP contribution in [-0.2, 0) is 7.05 Å². The van der Waals surface area contributed by atoms with Gasteiger partial charge in [0.2, 0.25) is 0 Å². The number of halogens is 1. The summed E-state index contributed by atoms with van der Waals surface area (Å²) in [6.45, 7) is 0. The Morgan fingerprint density at radius 2 is 2.27 bits per heavy atom. The Labute approximate surface area is 63.3 Å². The third-order valence-electron chi connectivity index (χ3n) is 0.952. The number of alkyl halides is 1. The number of carbonyl (C=O) groups is 1. The molecule has 1 N–H and O–H groups in total. The summed E-state index contributed by atoms with van der Waals surface area (Å²) in [4.78, 5) is 10.2. The number of hydrogen-bond donors (Lipinski definition) is 1. The van der Waals surface area contributed by atoms with E-state index in [2.05, 4.69) is 5.10 Å². The van der Waals surface area contributed by atoms with Crippen LogP contribution in [0.2, 0.25) is 0 Å². The van der Waals surface area contributed by atoms with Crippen molar-refractivity contribution in [1.82, 2.24) is 9.78 Å². The lowest BCUT2D eigenvalue weighted by molar-refractivity contribution is 0.0697. The van der Waals surface area contributed by atoms with E-state index < -0.39 is 5.97 Å². The van der Waals surface area contributed by atoms with Crippen LogP contribution in [-0.4, -0.2) is 28.0 Å². The number of hydrogen-bond acceptors (Lipinski definition) is 2. The molecule has 5 heteroatoms. The van der Waals surface area contributed by atoms with Crippen molar-refractivity contribution in [3.63, 3.8) is 0 Å². The van der Waals surface area contributed by atoms with Gasteiger partial charge in [-0.05, 0) is 0 Å². The van der Waals surface area contributed by atoms with Gasteiger partial charge in [0.25, 0.3) is 0 Å². The molecular formula is C6H9FN2O2. The fourth-order valence-electron chi connectivity index (χ4n) is 0.532. The van der Waals surface area contributed by atoms with Gasteiger partial charge in [-0.25, -0.2) is 4.79 Å². The van der Waals surface area contributed by atoms with Crippen LogP contribution in [0, 0.1) is 0 Å². The van der Waals surface area contributed by atoms with Gasteiger partial charge in [0.1, 0.15) is 0 Å². The highest BCUT2D eigenvalue weighted by Crippen LogP contribution is 1.93. The van der Waals surface area contributed by atoms with Crippen LogP contribution in [0.15, 0.2) is 12.4 Å². The summed E-state index contributed by atoms with van der Waals surface area (Å²) in [5.74, 6) is -0.942. The van der Waals surface area contributed by atoms with Gasteiger partial charge in [0, 0.05) is 13.2 Å². The fourth-order valence-corrected chi connectivity index (χ4v) is 0.532. The average Bonchev–Trinajstić information content (AvgIpc) is 2.40. The highest BCUT2D eigenvalue weighted by Gasteiger charge is 2.02. The Morgan fingerprint density at radius 3 is 2.45 bits per heavy atom. The highest BCUT2D eigenvalue weighted by molar-refractivity contribution is 5.86. The van der Waals surface area contributed by atoms with Crippen molar-refractivity contribution < 1.29 is 14.3 Å². The molecule has 0 spiro atoms. The third-order valence-corrected chi connectivity index (χ3v) is 0.952. The monoisotopic (exact) mass is 160 g/mol. The second kappa shape index (κ2) is 4.43. The number of carboxylic acid groups (broad SMARTS) is 1.